The van der Waals surface area contributed by atoms with Gasteiger partial charge in [-0.3, -0.25) is 9.59 Å². The van der Waals surface area contributed by atoms with Crippen LogP contribution < -0.4 is 16.2 Å². The molecule has 0 atom stereocenters. The summed E-state index contributed by atoms with van der Waals surface area (Å²) in [5, 5.41) is 3.38. The molecule has 0 N–H and O–H groups in total. The molecule has 0 aliphatic heterocycles. The van der Waals surface area contributed by atoms with E-state index in [2.05, 4.69) is 9.99 Å². The van der Waals surface area contributed by atoms with E-state index in [1.54, 1.807) is 12.1 Å². The molecule has 3 aromatic carbocycles. The number of fused-ring (bicyclic) bond motifs is 1. The summed E-state index contributed by atoms with van der Waals surface area (Å²) in [6.45, 7) is 0. The van der Waals surface area contributed by atoms with Gasteiger partial charge in [-0.05, 0) is 24.3 Å². The number of nitrogens with zero attached hydrogens (tertiary/aromatic N) is 1. The van der Waals surface area contributed by atoms with Crippen LogP contribution in [0.15, 0.2) is 63.3 Å². The molecule has 0 aliphatic rings. The van der Waals surface area contributed by atoms with Crippen LogP contribution in [0.3, 0.4) is 0 Å². The zero-order valence-corrected chi connectivity index (χ0v) is 11.1. The average Bonchev–Trinajstić information content (AvgIpc) is 2.78. The molecule has 0 heterocycles. The number of carbonyl (C=O) groups excluding carboxylic acids is 1. The first kappa shape index (κ1) is 13.8. The van der Waals surface area contributed by atoms with E-state index in [0.29, 0.717) is 0 Å². The average molecular weight is 297 g/mol. The predicted octanol–water partition coefficient (Wildman–Crippen LogP) is 1.25. The van der Waals surface area contributed by atoms with Crippen molar-refractivity contribution in [2.75, 3.05) is 0 Å². The van der Waals surface area contributed by atoms with E-state index < -0.39 is 28.0 Å². The van der Waals surface area contributed by atoms with Crippen LogP contribution in [-0.4, -0.2) is 5.97 Å². The smallest absolute Gasteiger partial charge is 0.312 e. The Bertz CT molecular complexity index is 965. The van der Waals surface area contributed by atoms with Crippen LogP contribution in [-0.2, 0) is 4.84 Å². The first-order valence-electron chi connectivity index (χ1n) is 6.31. The minimum absolute atomic E-state index is 0.0566. The van der Waals surface area contributed by atoms with Gasteiger partial charge in [0.1, 0.15) is 5.82 Å². The second kappa shape index (κ2) is 5.33. The summed E-state index contributed by atoms with van der Waals surface area (Å²) in [5.74, 6) is -1.39. The molecule has 0 aliphatic carbocycles. The third-order valence-electron chi connectivity index (χ3n) is 3.15. The molecule has 3 rings (SSSR count). The van der Waals surface area contributed by atoms with Gasteiger partial charge in [0.2, 0.25) is 10.9 Å². The molecule has 0 aromatic heterocycles. The van der Waals surface area contributed by atoms with Crippen LogP contribution in [0, 0.1) is 5.82 Å². The van der Waals surface area contributed by atoms with Crippen LogP contribution in [0.5, 0.6) is 0 Å². The normalized spacial score (nSPS) is 10.6. The fraction of sp³-hybridized carbons (Fsp3) is 0. The molecule has 0 fully saturated rings. The fourth-order valence-corrected chi connectivity index (χ4v) is 2.05. The molecule has 0 radical (unpaired) electrons. The first-order valence-corrected chi connectivity index (χ1v) is 6.31. The van der Waals surface area contributed by atoms with Gasteiger partial charge in [-0.25, -0.2) is 9.18 Å². The van der Waals surface area contributed by atoms with Crippen LogP contribution in [0.25, 0.3) is 10.8 Å². The fourth-order valence-electron chi connectivity index (χ4n) is 2.05. The molecule has 0 bridgehead atoms. The second-order valence-electron chi connectivity index (χ2n) is 4.53. The predicted molar refractivity (Wildman–Crippen MR) is 76.2 cm³/mol. The minimum Gasteiger partial charge on any atom is -0.312 e. The largest absolute Gasteiger partial charge is 0.365 e. The lowest BCUT2D eigenvalue weighted by atomic mass is 10.2. The maximum atomic E-state index is 12.8. The minimum atomic E-state index is -0.885. The number of hydrogen-bond donors (Lipinski definition) is 0. The second-order valence-corrected chi connectivity index (χ2v) is 4.53. The number of carbonyl (C=O) groups is 1. The Balaban J connectivity index is 2.00. The van der Waals surface area contributed by atoms with Gasteiger partial charge in [0.15, 0.2) is 5.36 Å². The highest BCUT2D eigenvalue weighted by Crippen LogP contribution is 2.05. The van der Waals surface area contributed by atoms with E-state index in [-0.39, 0.29) is 16.3 Å². The Hall–Kier alpha value is -3.15. The van der Waals surface area contributed by atoms with Gasteiger partial charge in [-0.15, -0.1) is 0 Å². The Kier molecular flexibility index (Phi) is 3.34. The van der Waals surface area contributed by atoms with E-state index in [0.717, 1.165) is 12.1 Å². The summed E-state index contributed by atoms with van der Waals surface area (Å²) in [4.78, 5) is 40.4. The lowest BCUT2D eigenvalue weighted by Gasteiger charge is -1.96. The third kappa shape index (κ3) is 2.31. The molecule has 0 spiro atoms. The first-order chi connectivity index (χ1) is 10.6. The molecule has 0 saturated heterocycles. The van der Waals surface area contributed by atoms with Gasteiger partial charge in [0.25, 0.3) is 0 Å². The van der Waals surface area contributed by atoms with Gasteiger partial charge in [0.05, 0.1) is 5.56 Å². The molecular formula is C16H8FNO4. The van der Waals surface area contributed by atoms with Crippen molar-refractivity contribution < 1.29 is 14.0 Å². The van der Waals surface area contributed by atoms with Crippen molar-refractivity contribution in [1.82, 2.24) is 0 Å². The zero-order chi connectivity index (χ0) is 15.7. The topological polar surface area (TPSA) is 72.8 Å². The molecule has 0 unspecified atom stereocenters. The van der Waals surface area contributed by atoms with Crippen molar-refractivity contribution in [2.24, 2.45) is 5.16 Å². The monoisotopic (exact) mass is 297 g/mol. The summed E-state index contributed by atoms with van der Waals surface area (Å²) in [6.07, 6.45) is 0. The van der Waals surface area contributed by atoms with Crippen molar-refractivity contribution >= 4 is 16.7 Å². The maximum absolute atomic E-state index is 12.8. The number of hydrogen-bond acceptors (Lipinski definition) is 5. The summed E-state index contributed by atoms with van der Waals surface area (Å²) < 4.78 is 12.8. The van der Waals surface area contributed by atoms with Gasteiger partial charge >= 0.3 is 5.97 Å². The third-order valence-corrected chi connectivity index (χ3v) is 3.15. The van der Waals surface area contributed by atoms with Crippen molar-refractivity contribution in [3.63, 3.8) is 0 Å². The number of benzene rings is 2. The molecule has 0 amide bonds. The Labute approximate surface area is 122 Å². The van der Waals surface area contributed by atoms with E-state index in [1.165, 1.54) is 24.3 Å². The standard InChI is InChI=1S/C16H8FNO4/c17-10-7-5-9(6-8-10)16(21)22-18-13-14(19)11-3-1-2-4-12(11)15(13)20/h1-8H. The van der Waals surface area contributed by atoms with Gasteiger partial charge < -0.3 is 4.84 Å². The van der Waals surface area contributed by atoms with Crippen LogP contribution in [0.1, 0.15) is 10.4 Å². The van der Waals surface area contributed by atoms with Crippen molar-refractivity contribution in [2.45, 2.75) is 0 Å². The van der Waals surface area contributed by atoms with Crippen molar-refractivity contribution in [3.8, 4) is 0 Å². The van der Waals surface area contributed by atoms with Crippen molar-refractivity contribution in [3.05, 3.63) is 85.7 Å². The quantitative estimate of drug-likeness (QED) is 0.527. The van der Waals surface area contributed by atoms with Crippen molar-refractivity contribution in [1.29, 1.82) is 0 Å². The Morgan fingerprint density at radius 1 is 0.909 bits per heavy atom. The maximum Gasteiger partial charge on any atom is 0.365 e. The van der Waals surface area contributed by atoms with Gasteiger partial charge in [-0.1, -0.05) is 29.4 Å². The molecular weight excluding hydrogens is 289 g/mol. The Morgan fingerprint density at radius 2 is 1.45 bits per heavy atom. The molecule has 22 heavy (non-hydrogen) atoms. The van der Waals surface area contributed by atoms with E-state index in [9.17, 15) is 18.8 Å². The molecule has 108 valence electrons. The molecule has 5 nitrogen and oxygen atoms in total. The van der Waals surface area contributed by atoms with Crippen LogP contribution >= 0.6 is 0 Å². The molecule has 0 saturated carbocycles. The summed E-state index contributed by atoms with van der Waals surface area (Å²) in [5.41, 5.74) is -1.12. The molecule has 3 aromatic rings. The highest BCUT2D eigenvalue weighted by Gasteiger charge is 2.12. The highest BCUT2D eigenvalue weighted by atomic mass is 19.1. The van der Waals surface area contributed by atoms with Crippen LogP contribution in [0.4, 0.5) is 4.39 Å². The summed E-state index contributed by atoms with van der Waals surface area (Å²) in [6, 6.07) is 10.8. The lowest BCUT2D eigenvalue weighted by Crippen LogP contribution is -2.32. The summed E-state index contributed by atoms with van der Waals surface area (Å²) in [7, 11) is 0. The van der Waals surface area contributed by atoms with E-state index in [1.807, 2.05) is 0 Å². The van der Waals surface area contributed by atoms with Crippen LogP contribution in [0.2, 0.25) is 0 Å². The zero-order valence-electron chi connectivity index (χ0n) is 11.1. The lowest BCUT2D eigenvalue weighted by molar-refractivity contribution is 0.0497. The van der Waals surface area contributed by atoms with Gasteiger partial charge in [-0.2, -0.15) is 0 Å². The molecule has 6 heteroatoms. The number of halogens is 1. The number of rotatable bonds is 2. The van der Waals surface area contributed by atoms with E-state index in [4.69, 9.17) is 0 Å². The van der Waals surface area contributed by atoms with Gasteiger partial charge in [0, 0.05) is 10.8 Å². The SMILES string of the molecule is O=C(ON=c1c(=O)c2ccccc2c1=O)c1ccc(F)cc1. The Morgan fingerprint density at radius 3 is 2.00 bits per heavy atom. The highest BCUT2D eigenvalue weighted by molar-refractivity contribution is 5.89. The summed E-state index contributed by atoms with van der Waals surface area (Å²) >= 11 is 0. The van der Waals surface area contributed by atoms with E-state index >= 15 is 0 Å².